The van der Waals surface area contributed by atoms with Crippen molar-refractivity contribution in [2.45, 2.75) is 45.3 Å². The fraction of sp³-hybridized carbons (Fsp3) is 0.409. The molecule has 0 saturated carbocycles. The van der Waals surface area contributed by atoms with Crippen LogP contribution in [-0.4, -0.2) is 23.0 Å². The molecule has 2 atom stereocenters. The second-order valence-electron chi connectivity index (χ2n) is 7.26. The number of unbranched alkanes of at least 4 members (excludes halogenated alkanes) is 1. The van der Waals surface area contributed by atoms with Gasteiger partial charge in [-0.2, -0.15) is 13.2 Å². The summed E-state index contributed by atoms with van der Waals surface area (Å²) in [5, 5.41) is 2.67. The Bertz CT molecular complexity index is 967. The molecular weight excluding hydrogens is 448 g/mol. The normalized spacial score (nSPS) is 13.3. The van der Waals surface area contributed by atoms with Crippen LogP contribution >= 0.6 is 0 Å². The van der Waals surface area contributed by atoms with Gasteiger partial charge in [0.05, 0.1) is 23.8 Å². The minimum atomic E-state index is -4.51. The molecule has 0 aliphatic rings. The van der Waals surface area contributed by atoms with Crippen LogP contribution in [0.15, 0.2) is 36.4 Å². The van der Waals surface area contributed by atoms with Crippen molar-refractivity contribution in [3.63, 3.8) is 0 Å². The van der Waals surface area contributed by atoms with Crippen molar-refractivity contribution in [2.24, 2.45) is 0 Å². The van der Waals surface area contributed by atoms with E-state index in [0.717, 1.165) is 18.6 Å². The number of rotatable bonds is 10. The number of hydrogen-bond acceptors (Lipinski definition) is 3. The van der Waals surface area contributed by atoms with Crippen molar-refractivity contribution in [3.05, 3.63) is 58.9 Å². The minimum Gasteiger partial charge on any atom is -0.493 e. The molecule has 2 aromatic rings. The van der Waals surface area contributed by atoms with E-state index in [2.05, 4.69) is 10.0 Å². The molecule has 0 heterocycles. The number of alkyl halides is 3. The number of halogens is 4. The smallest absolute Gasteiger partial charge is 0.416 e. The quantitative estimate of drug-likeness (QED) is 0.370. The van der Waals surface area contributed by atoms with Gasteiger partial charge in [-0.1, -0.05) is 25.5 Å². The molecule has 0 aliphatic heterocycles. The lowest BCUT2D eigenvalue weighted by Gasteiger charge is -2.17. The second kappa shape index (κ2) is 11.3. The number of ether oxygens (including phenoxy) is 1. The molecule has 0 radical (unpaired) electrons. The summed E-state index contributed by atoms with van der Waals surface area (Å²) in [5.41, 5.74) is 0.0375. The summed E-state index contributed by atoms with van der Waals surface area (Å²) >= 11 is 0. The third-order valence-corrected chi connectivity index (χ3v) is 5.25. The molecule has 0 aliphatic carbocycles. The van der Waals surface area contributed by atoms with E-state index in [9.17, 15) is 26.6 Å². The van der Waals surface area contributed by atoms with E-state index in [4.69, 9.17) is 4.74 Å². The van der Waals surface area contributed by atoms with Gasteiger partial charge in [-0.05, 0) is 43.2 Å². The standard InChI is InChI=1S/C22H26F4N2O3S/c1-4-5-10-31-20-12-17(22(24,25)26)8-6-16(20)13-27-21(29)14(2)15-7-9-19(18(23)11-15)28-32(3)30/h6-9,11-12,14,28H,4-5,10,13H2,1-3H3,(H,27,29). The monoisotopic (exact) mass is 474 g/mol. The van der Waals surface area contributed by atoms with E-state index in [0.29, 0.717) is 17.5 Å². The number of hydrogen-bond donors (Lipinski definition) is 2. The van der Waals surface area contributed by atoms with Crippen LogP contribution in [0, 0.1) is 5.82 Å². The summed E-state index contributed by atoms with van der Waals surface area (Å²) in [6.07, 6.45) is -1.64. The van der Waals surface area contributed by atoms with Crippen LogP contribution in [0.25, 0.3) is 0 Å². The van der Waals surface area contributed by atoms with Gasteiger partial charge >= 0.3 is 6.18 Å². The maximum absolute atomic E-state index is 14.2. The predicted octanol–water partition coefficient (Wildman–Crippen LogP) is 5.15. The van der Waals surface area contributed by atoms with Crippen LogP contribution in [0.3, 0.4) is 0 Å². The van der Waals surface area contributed by atoms with Gasteiger partial charge in [0.25, 0.3) is 0 Å². The number of anilines is 1. The first-order chi connectivity index (χ1) is 15.0. The Morgan fingerprint density at radius 3 is 2.50 bits per heavy atom. The lowest BCUT2D eigenvalue weighted by molar-refractivity contribution is -0.137. The maximum atomic E-state index is 14.2. The second-order valence-corrected chi connectivity index (χ2v) is 8.37. The van der Waals surface area contributed by atoms with E-state index < -0.39 is 40.4 Å². The Balaban J connectivity index is 2.12. The van der Waals surface area contributed by atoms with Crippen molar-refractivity contribution in [1.29, 1.82) is 0 Å². The summed E-state index contributed by atoms with van der Waals surface area (Å²) < 4.78 is 72.5. The first-order valence-corrected chi connectivity index (χ1v) is 11.6. The van der Waals surface area contributed by atoms with Gasteiger partial charge in [0.1, 0.15) is 22.6 Å². The van der Waals surface area contributed by atoms with Gasteiger partial charge in [0, 0.05) is 18.4 Å². The Kier molecular flexibility index (Phi) is 9.06. The molecule has 1 amide bonds. The van der Waals surface area contributed by atoms with Gasteiger partial charge in [-0.3, -0.25) is 4.79 Å². The highest BCUT2D eigenvalue weighted by Gasteiger charge is 2.31. The van der Waals surface area contributed by atoms with Crippen LogP contribution in [0.1, 0.15) is 49.3 Å². The molecular formula is C22H26F4N2O3S. The number of amides is 1. The van der Waals surface area contributed by atoms with Gasteiger partial charge in [-0.15, -0.1) is 0 Å². The first-order valence-electron chi connectivity index (χ1n) is 10.0. The predicted molar refractivity (Wildman–Crippen MR) is 116 cm³/mol. The van der Waals surface area contributed by atoms with Gasteiger partial charge < -0.3 is 14.8 Å². The van der Waals surface area contributed by atoms with Crippen LogP contribution in [-0.2, 0) is 28.5 Å². The number of carbonyl (C=O) groups excluding carboxylic acids is 1. The summed E-state index contributed by atoms with van der Waals surface area (Å²) in [7, 11) is -1.44. The molecule has 2 N–H and O–H groups in total. The number of nitrogens with one attached hydrogen (secondary N) is 2. The van der Waals surface area contributed by atoms with Gasteiger partial charge in [-0.25, -0.2) is 8.60 Å². The highest BCUT2D eigenvalue weighted by Crippen LogP contribution is 2.33. The summed E-state index contributed by atoms with van der Waals surface area (Å²) in [6, 6.07) is 7.26. The van der Waals surface area contributed by atoms with Gasteiger partial charge in [0.15, 0.2) is 0 Å². The molecule has 0 bridgehead atoms. The van der Waals surface area contributed by atoms with Crippen molar-refractivity contribution in [3.8, 4) is 5.75 Å². The highest BCUT2D eigenvalue weighted by molar-refractivity contribution is 7.85. The highest BCUT2D eigenvalue weighted by atomic mass is 32.2. The average Bonchev–Trinajstić information content (AvgIpc) is 2.72. The molecule has 2 rings (SSSR count). The molecule has 5 nitrogen and oxygen atoms in total. The van der Waals surface area contributed by atoms with E-state index in [1.54, 1.807) is 13.0 Å². The lowest BCUT2D eigenvalue weighted by Crippen LogP contribution is -2.28. The third-order valence-electron chi connectivity index (χ3n) is 4.74. The van der Waals surface area contributed by atoms with Gasteiger partial charge in [0.2, 0.25) is 5.91 Å². The average molecular weight is 475 g/mol. The molecule has 0 saturated heterocycles. The van der Waals surface area contributed by atoms with Crippen LogP contribution in [0.5, 0.6) is 5.75 Å². The number of carbonyl (C=O) groups is 1. The zero-order valence-electron chi connectivity index (χ0n) is 18.0. The summed E-state index contributed by atoms with van der Waals surface area (Å²) in [4.78, 5) is 12.6. The van der Waals surface area contributed by atoms with E-state index in [1.807, 2.05) is 6.92 Å². The minimum absolute atomic E-state index is 0.0420. The molecule has 0 aromatic heterocycles. The Hall–Kier alpha value is -2.62. The number of benzene rings is 2. The third kappa shape index (κ3) is 7.22. The molecule has 10 heteroatoms. The van der Waals surface area contributed by atoms with E-state index in [1.165, 1.54) is 24.5 Å². The van der Waals surface area contributed by atoms with Crippen molar-refractivity contribution in [1.82, 2.24) is 5.32 Å². The largest absolute Gasteiger partial charge is 0.493 e. The SMILES string of the molecule is CCCCOc1cc(C(F)(F)F)ccc1CNC(=O)C(C)c1ccc(NS(C)=O)c(F)c1. The Morgan fingerprint density at radius 1 is 1.19 bits per heavy atom. The van der Waals surface area contributed by atoms with Crippen LogP contribution in [0.2, 0.25) is 0 Å². The fourth-order valence-corrected chi connectivity index (χ4v) is 3.34. The molecule has 32 heavy (non-hydrogen) atoms. The zero-order valence-corrected chi connectivity index (χ0v) is 18.8. The first kappa shape index (κ1) is 25.6. The molecule has 176 valence electrons. The zero-order chi connectivity index (χ0) is 23.9. The van der Waals surface area contributed by atoms with Crippen molar-refractivity contribution < 1.29 is 31.3 Å². The summed E-state index contributed by atoms with van der Waals surface area (Å²) in [6.45, 7) is 3.74. The molecule has 0 fully saturated rings. The lowest BCUT2D eigenvalue weighted by atomic mass is 9.99. The molecule has 2 aromatic carbocycles. The van der Waals surface area contributed by atoms with Crippen molar-refractivity contribution >= 4 is 22.6 Å². The van der Waals surface area contributed by atoms with E-state index in [-0.39, 0.29) is 24.6 Å². The molecule has 2 unspecified atom stereocenters. The Labute approximate surface area is 187 Å². The van der Waals surface area contributed by atoms with Crippen molar-refractivity contribution in [2.75, 3.05) is 17.6 Å². The van der Waals surface area contributed by atoms with Crippen LogP contribution in [0.4, 0.5) is 23.2 Å². The maximum Gasteiger partial charge on any atom is 0.416 e. The Morgan fingerprint density at radius 2 is 1.91 bits per heavy atom. The van der Waals surface area contributed by atoms with Crippen LogP contribution < -0.4 is 14.8 Å². The van der Waals surface area contributed by atoms with E-state index >= 15 is 0 Å². The topological polar surface area (TPSA) is 67.4 Å². The fourth-order valence-electron chi connectivity index (χ4n) is 2.86. The molecule has 0 spiro atoms. The summed E-state index contributed by atoms with van der Waals surface area (Å²) in [5.74, 6) is -1.73.